The van der Waals surface area contributed by atoms with Gasteiger partial charge in [-0.2, -0.15) is 0 Å². The number of hydrogen-bond donors (Lipinski definition) is 3. The third-order valence-corrected chi connectivity index (χ3v) is 11.4. The van der Waals surface area contributed by atoms with Gasteiger partial charge in [-0.1, -0.05) is 241 Å². The molecule has 0 saturated carbocycles. The lowest BCUT2D eigenvalue weighted by Crippen LogP contribution is -2.46. The molecule has 0 saturated heterocycles. The molecule has 0 rings (SSSR count). The summed E-state index contributed by atoms with van der Waals surface area (Å²) in [5.74, 6) is -0.562. The van der Waals surface area contributed by atoms with E-state index in [9.17, 15) is 19.8 Å². The molecule has 3 unspecified atom stereocenters. The number of nitrogens with one attached hydrogen (secondary N) is 1. The second-order valence-electron chi connectivity index (χ2n) is 17.3. The number of carbonyl (C=O) groups excluding carboxylic acids is 2. The van der Waals surface area contributed by atoms with Gasteiger partial charge >= 0.3 is 5.97 Å². The van der Waals surface area contributed by atoms with Crippen LogP contribution in [-0.4, -0.2) is 46.9 Å². The monoisotopic (exact) mass is 864 g/mol. The van der Waals surface area contributed by atoms with Gasteiger partial charge in [-0.05, 0) is 64.2 Å². The maximum atomic E-state index is 13.2. The molecule has 0 bridgehead atoms. The van der Waals surface area contributed by atoms with Gasteiger partial charge in [-0.25, -0.2) is 0 Å². The van der Waals surface area contributed by atoms with Crippen LogP contribution in [0.1, 0.15) is 233 Å². The van der Waals surface area contributed by atoms with Gasteiger partial charge in [-0.15, -0.1) is 0 Å². The van der Waals surface area contributed by atoms with E-state index >= 15 is 0 Å². The Bertz CT molecular complexity index is 1200. The van der Waals surface area contributed by atoms with E-state index in [0.717, 1.165) is 64.2 Å². The van der Waals surface area contributed by atoms with Crippen molar-refractivity contribution < 1.29 is 24.5 Å². The van der Waals surface area contributed by atoms with Crippen LogP contribution < -0.4 is 5.32 Å². The van der Waals surface area contributed by atoms with Crippen LogP contribution in [0.2, 0.25) is 0 Å². The molecule has 3 atom stereocenters. The molecule has 356 valence electrons. The van der Waals surface area contributed by atoms with Crippen LogP contribution in [0.15, 0.2) is 85.1 Å². The maximum Gasteiger partial charge on any atom is 0.306 e. The molecule has 0 aromatic heterocycles. The Morgan fingerprint density at radius 3 is 1.39 bits per heavy atom. The van der Waals surface area contributed by atoms with Crippen molar-refractivity contribution in [3.63, 3.8) is 0 Å². The Hall–Kier alpha value is -2.96. The zero-order valence-corrected chi connectivity index (χ0v) is 40.5. The Balaban J connectivity index is 4.71. The minimum atomic E-state index is -0.812. The summed E-state index contributed by atoms with van der Waals surface area (Å²) >= 11 is 0. The molecule has 0 heterocycles. The minimum Gasteiger partial charge on any atom is -0.462 e. The number of unbranched alkanes of at least 4 members (excludes halogenated alkanes) is 24. The standard InChI is InChI=1S/C56H97NO5/c1-4-7-10-13-16-19-22-24-26-27-28-30-32-34-37-40-43-46-49-56(61)62-52(47-44-41-38-35-33-31-29-25-23-20-17-14-11-8-5-2)50-55(60)57-53(51-58)54(59)48-45-42-39-36-21-18-15-12-9-6-3/h8,11,14,17,20,23,25,28-31,33,35,38,52-54,58-59H,4-7,9-10,12-13,15-16,18-19,21-22,24,26-27,32,34,36-37,39-51H2,1-3H3,(H,57,60)/b11-8-,17-14+,23-20+,29-25-,30-28+,33-31+,38-35+. The lowest BCUT2D eigenvalue weighted by Gasteiger charge is -2.24. The van der Waals surface area contributed by atoms with Crippen molar-refractivity contribution in [3.8, 4) is 0 Å². The molecule has 6 nitrogen and oxygen atoms in total. The van der Waals surface area contributed by atoms with Crippen molar-refractivity contribution in [3.05, 3.63) is 85.1 Å². The van der Waals surface area contributed by atoms with Crippen LogP contribution in [0.4, 0.5) is 0 Å². The normalized spacial score (nSPS) is 14.0. The smallest absolute Gasteiger partial charge is 0.306 e. The average Bonchev–Trinajstić information content (AvgIpc) is 3.26. The molecule has 0 spiro atoms. The summed E-state index contributed by atoms with van der Waals surface area (Å²) in [6.45, 7) is 6.30. The van der Waals surface area contributed by atoms with Crippen molar-refractivity contribution in [1.29, 1.82) is 0 Å². The first-order chi connectivity index (χ1) is 30.5. The first-order valence-electron chi connectivity index (χ1n) is 25.9. The molecule has 0 aliphatic rings. The number of aliphatic hydroxyl groups excluding tert-OH is 2. The van der Waals surface area contributed by atoms with E-state index in [1.54, 1.807) is 0 Å². The van der Waals surface area contributed by atoms with Crippen molar-refractivity contribution in [2.24, 2.45) is 0 Å². The fourth-order valence-electron chi connectivity index (χ4n) is 7.46. The number of carbonyl (C=O) groups is 2. The Labute approximate surface area is 383 Å². The van der Waals surface area contributed by atoms with Crippen molar-refractivity contribution in [2.45, 2.75) is 251 Å². The van der Waals surface area contributed by atoms with Gasteiger partial charge in [0.25, 0.3) is 0 Å². The molecule has 0 fully saturated rings. The average molecular weight is 864 g/mol. The highest BCUT2D eigenvalue weighted by Crippen LogP contribution is 2.17. The quantitative estimate of drug-likeness (QED) is 0.0245. The van der Waals surface area contributed by atoms with E-state index in [0.29, 0.717) is 19.3 Å². The summed E-state index contributed by atoms with van der Waals surface area (Å²) in [4.78, 5) is 26.1. The molecule has 0 aliphatic carbocycles. The predicted octanol–water partition coefficient (Wildman–Crippen LogP) is 15.6. The Morgan fingerprint density at radius 1 is 0.484 bits per heavy atom. The largest absolute Gasteiger partial charge is 0.462 e. The SMILES string of the molecule is CC\C=C/C=C/C=C/C=C\C=C\C=C\CCCC(CC(=O)NC(CO)C(O)CCCCCCCCCCCC)OC(=O)CCCCCCC/C=C/CCCCCCCCCCC. The van der Waals surface area contributed by atoms with Gasteiger partial charge in [0.2, 0.25) is 5.91 Å². The van der Waals surface area contributed by atoms with Crippen LogP contribution in [0, 0.1) is 0 Å². The van der Waals surface area contributed by atoms with Crippen molar-refractivity contribution in [1.82, 2.24) is 5.32 Å². The highest BCUT2D eigenvalue weighted by atomic mass is 16.5. The van der Waals surface area contributed by atoms with Crippen LogP contribution >= 0.6 is 0 Å². The van der Waals surface area contributed by atoms with Crippen LogP contribution in [0.25, 0.3) is 0 Å². The molecule has 0 aromatic carbocycles. The zero-order valence-electron chi connectivity index (χ0n) is 40.5. The van der Waals surface area contributed by atoms with E-state index in [2.05, 4.69) is 50.4 Å². The zero-order chi connectivity index (χ0) is 45.2. The summed E-state index contributed by atoms with van der Waals surface area (Å²) in [5.41, 5.74) is 0. The van der Waals surface area contributed by atoms with Crippen molar-refractivity contribution >= 4 is 11.9 Å². The summed E-state index contributed by atoms with van der Waals surface area (Å²) in [6, 6.07) is -0.730. The molecule has 0 aliphatic heterocycles. The van der Waals surface area contributed by atoms with Gasteiger partial charge in [-0.3, -0.25) is 9.59 Å². The number of esters is 1. The van der Waals surface area contributed by atoms with E-state index in [4.69, 9.17) is 4.74 Å². The summed E-state index contributed by atoms with van der Waals surface area (Å²) in [7, 11) is 0. The lowest BCUT2D eigenvalue weighted by molar-refractivity contribution is -0.151. The highest BCUT2D eigenvalue weighted by Gasteiger charge is 2.24. The number of rotatable bonds is 45. The number of allylic oxidation sites excluding steroid dienone is 14. The van der Waals surface area contributed by atoms with Crippen molar-refractivity contribution in [2.75, 3.05) is 6.61 Å². The van der Waals surface area contributed by atoms with E-state index in [-0.39, 0.29) is 24.9 Å². The first kappa shape index (κ1) is 59.0. The molecule has 62 heavy (non-hydrogen) atoms. The van der Waals surface area contributed by atoms with Gasteiger partial charge in [0, 0.05) is 6.42 Å². The Morgan fingerprint density at radius 2 is 0.903 bits per heavy atom. The third kappa shape index (κ3) is 43.7. The maximum absolute atomic E-state index is 13.2. The second-order valence-corrected chi connectivity index (χ2v) is 17.3. The van der Waals surface area contributed by atoms with Gasteiger partial charge < -0.3 is 20.3 Å². The molecule has 1 amide bonds. The lowest BCUT2D eigenvalue weighted by atomic mass is 10.0. The Kier molecular flexibility index (Phi) is 46.7. The van der Waals surface area contributed by atoms with Gasteiger partial charge in [0.05, 0.1) is 25.2 Å². The molecular formula is C56H97NO5. The molecular weight excluding hydrogens is 767 g/mol. The fraction of sp³-hybridized carbons (Fsp3) is 0.714. The molecule has 3 N–H and O–H groups in total. The molecule has 0 radical (unpaired) electrons. The molecule has 0 aromatic rings. The summed E-state index contributed by atoms with van der Waals surface area (Å²) < 4.78 is 5.89. The number of amides is 1. The van der Waals surface area contributed by atoms with Gasteiger partial charge in [0.1, 0.15) is 6.10 Å². The van der Waals surface area contributed by atoms with Crippen LogP contribution in [0.3, 0.4) is 0 Å². The van der Waals surface area contributed by atoms with E-state index in [1.807, 2.05) is 60.8 Å². The van der Waals surface area contributed by atoms with Crippen LogP contribution in [-0.2, 0) is 14.3 Å². The number of hydrogen-bond acceptors (Lipinski definition) is 5. The summed E-state index contributed by atoms with van der Waals surface area (Å²) in [5, 5.41) is 23.7. The molecule has 6 heteroatoms. The number of aliphatic hydroxyl groups is 2. The summed E-state index contributed by atoms with van der Waals surface area (Å²) in [6.07, 6.45) is 63.6. The number of ether oxygens (including phenoxy) is 1. The van der Waals surface area contributed by atoms with Gasteiger partial charge in [0.15, 0.2) is 0 Å². The van der Waals surface area contributed by atoms with E-state index in [1.165, 1.54) is 122 Å². The second kappa shape index (κ2) is 49.1. The fourth-order valence-corrected chi connectivity index (χ4v) is 7.46. The van der Waals surface area contributed by atoms with Crippen LogP contribution in [0.5, 0.6) is 0 Å². The first-order valence-corrected chi connectivity index (χ1v) is 25.9. The minimum absolute atomic E-state index is 0.0197. The highest BCUT2D eigenvalue weighted by molar-refractivity contribution is 5.77. The predicted molar refractivity (Wildman–Crippen MR) is 268 cm³/mol. The third-order valence-electron chi connectivity index (χ3n) is 11.4. The topological polar surface area (TPSA) is 95.9 Å². The van der Waals surface area contributed by atoms with E-state index < -0.39 is 18.2 Å².